The fourth-order valence-electron chi connectivity index (χ4n) is 3.47. The molecule has 0 aromatic heterocycles. The van der Waals surface area contributed by atoms with Crippen molar-refractivity contribution >= 4 is 17.9 Å². The number of amides is 3. The van der Waals surface area contributed by atoms with Crippen LogP contribution < -0.4 is 15.5 Å². The Kier molecular flexibility index (Phi) is 6.83. The van der Waals surface area contributed by atoms with E-state index in [4.69, 9.17) is 4.74 Å². The number of urea groups is 1. The number of hydrogen-bond acceptors (Lipinski definition) is 4. The second-order valence-corrected chi connectivity index (χ2v) is 6.58. The molecular weight excluding hydrogens is 298 g/mol. The van der Waals surface area contributed by atoms with Crippen molar-refractivity contribution in [1.82, 2.24) is 10.6 Å². The summed E-state index contributed by atoms with van der Waals surface area (Å²) in [6.45, 7) is 1.76. The van der Waals surface area contributed by atoms with E-state index in [1.165, 1.54) is 13.5 Å². The molecule has 0 bridgehead atoms. The number of methoxy groups -OCH3 is 1. The van der Waals surface area contributed by atoms with Gasteiger partial charge in [0.2, 0.25) is 0 Å². The Hall–Kier alpha value is -1.63. The highest BCUT2D eigenvalue weighted by Crippen LogP contribution is 2.17. The van der Waals surface area contributed by atoms with Crippen LogP contribution in [0.25, 0.3) is 0 Å². The van der Waals surface area contributed by atoms with Crippen molar-refractivity contribution in [2.45, 2.75) is 51.0 Å². The summed E-state index contributed by atoms with van der Waals surface area (Å²) in [5.74, 6) is -0.480. The Morgan fingerprint density at radius 2 is 1.70 bits per heavy atom. The molecule has 0 unspecified atom stereocenters. The van der Waals surface area contributed by atoms with Gasteiger partial charge in [0.15, 0.2) is 6.54 Å². The summed E-state index contributed by atoms with van der Waals surface area (Å²) >= 11 is 0. The molecular formula is C16H28N3O4+. The predicted molar refractivity (Wildman–Crippen MR) is 83.9 cm³/mol. The van der Waals surface area contributed by atoms with Crippen molar-refractivity contribution in [2.75, 3.05) is 26.7 Å². The van der Waals surface area contributed by atoms with Crippen LogP contribution in [0.1, 0.15) is 44.9 Å². The first-order chi connectivity index (χ1) is 11.1. The number of quaternary nitrogens is 1. The molecule has 1 heterocycles. The quantitative estimate of drug-likeness (QED) is 0.614. The highest BCUT2D eigenvalue weighted by atomic mass is 16.5. The number of imide groups is 1. The molecule has 0 atom stereocenters. The standard InChI is InChI=1S/C16H27N3O4/c1-23-15(21)12-7-9-19(10-8-12)11-14(20)18-16(22)17-13-5-3-2-4-6-13/h12-13H,2-11H2,1H3,(H2,17,18,20,22)/p+1. The van der Waals surface area contributed by atoms with Crippen LogP contribution in [0.15, 0.2) is 0 Å². The van der Waals surface area contributed by atoms with Gasteiger partial charge in [0.05, 0.1) is 26.1 Å². The van der Waals surface area contributed by atoms with E-state index in [1.54, 1.807) is 0 Å². The number of ether oxygens (including phenoxy) is 1. The largest absolute Gasteiger partial charge is 0.469 e. The SMILES string of the molecule is COC(=O)C1CC[NH+](CC(=O)NC(=O)NC2CCCCC2)CC1. The number of nitrogens with one attached hydrogen (secondary N) is 3. The van der Waals surface area contributed by atoms with Gasteiger partial charge in [-0.15, -0.1) is 0 Å². The lowest BCUT2D eigenvalue weighted by Crippen LogP contribution is -3.14. The molecule has 1 saturated heterocycles. The third kappa shape index (κ3) is 5.82. The third-order valence-electron chi connectivity index (χ3n) is 4.83. The zero-order chi connectivity index (χ0) is 16.7. The molecule has 1 aliphatic carbocycles. The van der Waals surface area contributed by atoms with Gasteiger partial charge in [-0.3, -0.25) is 14.9 Å². The van der Waals surface area contributed by atoms with Crippen LogP contribution in [-0.4, -0.2) is 50.7 Å². The highest BCUT2D eigenvalue weighted by Gasteiger charge is 2.29. The summed E-state index contributed by atoms with van der Waals surface area (Å²) in [6.07, 6.45) is 6.94. The van der Waals surface area contributed by atoms with E-state index in [1.807, 2.05) is 0 Å². The van der Waals surface area contributed by atoms with Crippen molar-refractivity contribution in [3.63, 3.8) is 0 Å². The number of hydrogen-bond donors (Lipinski definition) is 3. The number of esters is 1. The van der Waals surface area contributed by atoms with Crippen LogP contribution in [0.5, 0.6) is 0 Å². The molecule has 7 nitrogen and oxygen atoms in total. The number of carbonyl (C=O) groups is 3. The summed E-state index contributed by atoms with van der Waals surface area (Å²) in [4.78, 5) is 36.4. The van der Waals surface area contributed by atoms with Crippen LogP contribution in [0.4, 0.5) is 4.79 Å². The minimum Gasteiger partial charge on any atom is -0.469 e. The van der Waals surface area contributed by atoms with Crippen LogP contribution >= 0.6 is 0 Å². The summed E-state index contributed by atoms with van der Waals surface area (Å²) in [5, 5.41) is 5.29. The Labute approximate surface area is 137 Å². The van der Waals surface area contributed by atoms with E-state index in [9.17, 15) is 14.4 Å². The van der Waals surface area contributed by atoms with E-state index in [-0.39, 0.29) is 36.4 Å². The molecule has 2 fully saturated rings. The molecule has 0 radical (unpaired) electrons. The van der Waals surface area contributed by atoms with Crippen molar-refractivity contribution in [2.24, 2.45) is 5.92 Å². The summed E-state index contributed by atoms with van der Waals surface area (Å²) in [6, 6.07) is -0.189. The molecule has 1 aliphatic heterocycles. The molecule has 23 heavy (non-hydrogen) atoms. The van der Waals surface area contributed by atoms with Gasteiger partial charge in [-0.2, -0.15) is 0 Å². The third-order valence-corrected chi connectivity index (χ3v) is 4.83. The second kappa shape index (κ2) is 8.86. The van der Waals surface area contributed by atoms with E-state index in [0.717, 1.165) is 56.5 Å². The average molecular weight is 326 g/mol. The minimum atomic E-state index is -0.384. The van der Waals surface area contributed by atoms with Gasteiger partial charge >= 0.3 is 12.0 Å². The Morgan fingerprint density at radius 3 is 2.30 bits per heavy atom. The fraction of sp³-hybridized carbons (Fsp3) is 0.812. The molecule has 2 aliphatic rings. The van der Waals surface area contributed by atoms with Gasteiger partial charge in [0.1, 0.15) is 0 Å². The minimum absolute atomic E-state index is 0.0542. The Balaban J connectivity index is 1.64. The lowest BCUT2D eigenvalue weighted by Gasteiger charge is -2.27. The monoisotopic (exact) mass is 326 g/mol. The first-order valence-corrected chi connectivity index (χ1v) is 8.60. The molecule has 0 spiro atoms. The van der Waals surface area contributed by atoms with E-state index < -0.39 is 0 Å². The van der Waals surface area contributed by atoms with E-state index >= 15 is 0 Å². The molecule has 7 heteroatoms. The lowest BCUT2D eigenvalue weighted by molar-refractivity contribution is -0.897. The number of piperidine rings is 1. The topological polar surface area (TPSA) is 88.9 Å². The summed E-state index contributed by atoms with van der Waals surface area (Å²) < 4.78 is 4.75. The molecule has 1 saturated carbocycles. The second-order valence-electron chi connectivity index (χ2n) is 6.58. The summed E-state index contributed by atoms with van der Waals surface area (Å²) in [7, 11) is 1.40. The number of rotatable bonds is 4. The number of carbonyl (C=O) groups excluding carboxylic acids is 3. The number of likely N-dealkylation sites (tertiary alicyclic amines) is 1. The van der Waals surface area contributed by atoms with Gasteiger partial charge in [-0.25, -0.2) is 4.79 Å². The Bertz CT molecular complexity index is 427. The molecule has 3 N–H and O–H groups in total. The van der Waals surface area contributed by atoms with Crippen LogP contribution in [0.2, 0.25) is 0 Å². The van der Waals surface area contributed by atoms with Gasteiger partial charge in [-0.05, 0) is 12.8 Å². The Morgan fingerprint density at radius 1 is 1.04 bits per heavy atom. The van der Waals surface area contributed by atoms with Gasteiger partial charge in [0.25, 0.3) is 5.91 Å². The van der Waals surface area contributed by atoms with Crippen LogP contribution in [0, 0.1) is 5.92 Å². The maximum absolute atomic E-state index is 12.0. The maximum Gasteiger partial charge on any atom is 0.321 e. The summed E-state index contributed by atoms with van der Waals surface area (Å²) in [5.41, 5.74) is 0. The van der Waals surface area contributed by atoms with Gasteiger partial charge in [-0.1, -0.05) is 19.3 Å². The van der Waals surface area contributed by atoms with Gasteiger partial charge in [0, 0.05) is 18.9 Å². The normalized spacial score (nSPS) is 25.4. The van der Waals surface area contributed by atoms with Crippen molar-refractivity contribution in [3.05, 3.63) is 0 Å². The zero-order valence-corrected chi connectivity index (χ0v) is 13.9. The first kappa shape index (κ1) is 17.7. The maximum atomic E-state index is 12.0. The van der Waals surface area contributed by atoms with Crippen molar-refractivity contribution < 1.29 is 24.0 Å². The molecule has 0 aromatic carbocycles. The molecule has 3 amide bonds. The van der Waals surface area contributed by atoms with Crippen molar-refractivity contribution in [1.29, 1.82) is 0 Å². The van der Waals surface area contributed by atoms with E-state index in [2.05, 4.69) is 10.6 Å². The van der Waals surface area contributed by atoms with Crippen LogP contribution in [0.3, 0.4) is 0 Å². The van der Waals surface area contributed by atoms with E-state index in [0.29, 0.717) is 0 Å². The molecule has 0 aromatic rings. The lowest BCUT2D eigenvalue weighted by atomic mass is 9.96. The average Bonchev–Trinajstić information content (AvgIpc) is 2.55. The van der Waals surface area contributed by atoms with Crippen LogP contribution in [-0.2, 0) is 14.3 Å². The smallest absolute Gasteiger partial charge is 0.321 e. The fourth-order valence-corrected chi connectivity index (χ4v) is 3.47. The van der Waals surface area contributed by atoms with Gasteiger partial charge < -0.3 is 15.0 Å². The predicted octanol–water partition coefficient (Wildman–Crippen LogP) is -0.387. The highest BCUT2D eigenvalue weighted by molar-refractivity contribution is 5.94. The van der Waals surface area contributed by atoms with Crippen molar-refractivity contribution in [3.8, 4) is 0 Å². The molecule has 130 valence electrons. The zero-order valence-electron chi connectivity index (χ0n) is 13.9. The molecule has 2 rings (SSSR count). The first-order valence-electron chi connectivity index (χ1n) is 8.60.